The first-order chi connectivity index (χ1) is 18.0. The van der Waals surface area contributed by atoms with E-state index in [4.69, 9.17) is 10.5 Å². The van der Waals surface area contributed by atoms with E-state index in [0.717, 1.165) is 35.2 Å². The fourth-order valence-electron chi connectivity index (χ4n) is 4.32. The lowest BCUT2D eigenvalue weighted by Gasteiger charge is -2.18. The van der Waals surface area contributed by atoms with E-state index >= 15 is 0 Å². The smallest absolute Gasteiger partial charge is 0.349 e. The molecule has 0 fully saturated rings. The molecule has 2 N–H and O–H groups in total. The maximum atomic E-state index is 13.7. The van der Waals surface area contributed by atoms with Crippen LogP contribution in [0.3, 0.4) is 0 Å². The number of benzene rings is 3. The number of esters is 1. The molecule has 4 aromatic rings. The summed E-state index contributed by atoms with van der Waals surface area (Å²) < 4.78 is 7.15. The van der Waals surface area contributed by atoms with Crippen LogP contribution in [-0.2, 0) is 19.5 Å². The van der Waals surface area contributed by atoms with Crippen molar-refractivity contribution < 1.29 is 9.53 Å². The molecule has 0 radical (unpaired) electrons. The van der Waals surface area contributed by atoms with Crippen LogP contribution < -0.4 is 16.0 Å². The van der Waals surface area contributed by atoms with Crippen LogP contribution in [0.2, 0.25) is 0 Å². The largest absolute Gasteiger partial charge is 0.423 e. The quantitative estimate of drug-likeness (QED) is 0.248. The van der Waals surface area contributed by atoms with Gasteiger partial charge >= 0.3 is 5.97 Å². The Kier molecular flexibility index (Phi) is 8.29. The molecule has 1 aromatic heterocycles. The number of rotatable bonds is 9. The van der Waals surface area contributed by atoms with E-state index in [9.17, 15) is 14.9 Å². The molecule has 37 heavy (non-hydrogen) atoms. The lowest BCUT2D eigenvalue weighted by molar-refractivity contribution is 0.0731. The molecule has 6 nitrogen and oxygen atoms in total. The highest BCUT2D eigenvalue weighted by Crippen LogP contribution is 2.24. The molecule has 0 saturated heterocycles. The van der Waals surface area contributed by atoms with Crippen LogP contribution in [0.1, 0.15) is 52.5 Å². The van der Waals surface area contributed by atoms with Crippen molar-refractivity contribution in [2.45, 2.75) is 39.3 Å². The summed E-state index contributed by atoms with van der Waals surface area (Å²) in [5.74, 6) is -0.347. The Bertz CT molecular complexity index is 1480. The number of hydrogen-bond donors (Lipinski definition) is 1. The molecule has 0 amide bonds. The van der Waals surface area contributed by atoms with Crippen LogP contribution >= 0.6 is 0 Å². The third-order valence-electron chi connectivity index (χ3n) is 6.29. The fourth-order valence-corrected chi connectivity index (χ4v) is 4.32. The highest BCUT2D eigenvalue weighted by atomic mass is 16.5. The van der Waals surface area contributed by atoms with Crippen molar-refractivity contribution in [3.8, 4) is 22.9 Å². The van der Waals surface area contributed by atoms with Gasteiger partial charge in [0.2, 0.25) is 0 Å². The summed E-state index contributed by atoms with van der Waals surface area (Å²) in [6.07, 6.45) is 2.57. The number of carbonyl (C=O) groups excluding carboxylic acids is 1. The molecule has 0 aliphatic carbocycles. The van der Waals surface area contributed by atoms with Gasteiger partial charge in [-0.2, -0.15) is 5.26 Å². The minimum absolute atomic E-state index is 0.0360. The van der Waals surface area contributed by atoms with Crippen molar-refractivity contribution in [3.05, 3.63) is 123 Å². The van der Waals surface area contributed by atoms with E-state index in [1.807, 2.05) is 54.6 Å². The summed E-state index contributed by atoms with van der Waals surface area (Å²) in [5.41, 5.74) is 10.1. The number of hydrogen-bond acceptors (Lipinski definition) is 5. The minimum Gasteiger partial charge on any atom is -0.423 e. The normalized spacial score (nSPS) is 10.6. The van der Waals surface area contributed by atoms with Gasteiger partial charge in [0.15, 0.2) is 0 Å². The second kappa shape index (κ2) is 12.0. The maximum absolute atomic E-state index is 13.7. The number of pyridine rings is 1. The molecule has 0 aliphatic rings. The van der Waals surface area contributed by atoms with E-state index in [1.165, 1.54) is 0 Å². The van der Waals surface area contributed by atoms with Crippen molar-refractivity contribution in [3.63, 3.8) is 0 Å². The maximum Gasteiger partial charge on any atom is 0.349 e. The number of aromatic nitrogens is 1. The number of ether oxygens (including phenoxy) is 1. The molecule has 0 saturated carbocycles. The number of nitrogens with zero attached hydrogens (tertiary/aromatic N) is 2. The fraction of sp³-hybridized carbons (Fsp3) is 0.194. The van der Waals surface area contributed by atoms with Crippen molar-refractivity contribution >= 4 is 5.97 Å². The zero-order valence-corrected chi connectivity index (χ0v) is 20.8. The molecule has 4 rings (SSSR count). The zero-order chi connectivity index (χ0) is 26.2. The zero-order valence-electron chi connectivity index (χ0n) is 20.8. The van der Waals surface area contributed by atoms with Gasteiger partial charge in [-0.25, -0.2) is 4.79 Å². The van der Waals surface area contributed by atoms with Crippen molar-refractivity contribution in [1.29, 1.82) is 5.26 Å². The van der Waals surface area contributed by atoms with E-state index in [2.05, 4.69) is 13.0 Å². The van der Waals surface area contributed by atoms with Crippen LogP contribution in [0.25, 0.3) is 11.1 Å². The van der Waals surface area contributed by atoms with Gasteiger partial charge in [0.1, 0.15) is 11.3 Å². The molecule has 1 heterocycles. The summed E-state index contributed by atoms with van der Waals surface area (Å²) in [6, 6.07) is 28.0. The van der Waals surface area contributed by atoms with Crippen molar-refractivity contribution in [2.75, 3.05) is 0 Å². The van der Waals surface area contributed by atoms with Crippen molar-refractivity contribution in [2.24, 2.45) is 5.73 Å². The van der Waals surface area contributed by atoms with Gasteiger partial charge in [-0.1, -0.05) is 74.0 Å². The second-order valence-electron chi connectivity index (χ2n) is 8.79. The Morgan fingerprint density at radius 1 is 1.00 bits per heavy atom. The predicted molar refractivity (Wildman–Crippen MR) is 144 cm³/mol. The van der Waals surface area contributed by atoms with E-state index in [0.29, 0.717) is 29.8 Å². The van der Waals surface area contributed by atoms with Crippen LogP contribution in [-0.4, -0.2) is 10.5 Å². The van der Waals surface area contributed by atoms with Gasteiger partial charge in [-0.15, -0.1) is 0 Å². The molecule has 186 valence electrons. The van der Waals surface area contributed by atoms with Gasteiger partial charge < -0.3 is 15.0 Å². The van der Waals surface area contributed by atoms with Crippen LogP contribution in [0.5, 0.6) is 5.75 Å². The first-order valence-corrected chi connectivity index (χ1v) is 12.4. The topological polar surface area (TPSA) is 98.1 Å². The Balaban J connectivity index is 1.71. The third kappa shape index (κ3) is 5.85. The minimum atomic E-state index is -0.712. The SMILES string of the molecule is CCCCc1cc(CN)c(C(=O)Oc2ccccc2)c(=O)n1Cc1ccc(-c2ccccc2C#N)cc1. The number of para-hydroxylation sites is 1. The number of nitriles is 1. The molecule has 6 heteroatoms. The highest BCUT2D eigenvalue weighted by molar-refractivity contribution is 5.92. The van der Waals surface area contributed by atoms with E-state index in [1.54, 1.807) is 34.9 Å². The van der Waals surface area contributed by atoms with Gasteiger partial charge in [-0.05, 0) is 59.4 Å². The number of unbranched alkanes of at least 4 members (excludes halogenated alkanes) is 1. The summed E-state index contributed by atoms with van der Waals surface area (Å²) >= 11 is 0. The monoisotopic (exact) mass is 491 g/mol. The Hall–Kier alpha value is -4.47. The van der Waals surface area contributed by atoms with Crippen LogP contribution in [0.4, 0.5) is 0 Å². The molecular weight excluding hydrogens is 462 g/mol. The van der Waals surface area contributed by atoms with E-state index < -0.39 is 11.5 Å². The van der Waals surface area contributed by atoms with Gasteiger partial charge in [-0.3, -0.25) is 4.79 Å². The average Bonchev–Trinajstić information content (AvgIpc) is 2.94. The molecule has 0 spiro atoms. The standard InChI is InChI=1S/C31H29N3O3/c1-2-3-10-26-18-25(20-33)29(31(36)37-27-11-5-4-6-12-27)30(35)34(26)21-22-14-16-23(17-15-22)28-13-8-7-9-24(28)19-32/h4-9,11-18H,2-3,10,20-21,33H2,1H3. The lowest BCUT2D eigenvalue weighted by Crippen LogP contribution is -2.33. The summed E-state index contributed by atoms with van der Waals surface area (Å²) in [6.45, 7) is 2.45. The third-order valence-corrected chi connectivity index (χ3v) is 6.29. The second-order valence-corrected chi connectivity index (χ2v) is 8.79. The molecule has 0 unspecified atom stereocenters. The summed E-state index contributed by atoms with van der Waals surface area (Å²) in [7, 11) is 0. The van der Waals surface area contributed by atoms with Crippen LogP contribution in [0.15, 0.2) is 89.7 Å². The summed E-state index contributed by atoms with van der Waals surface area (Å²) in [4.78, 5) is 26.8. The summed E-state index contributed by atoms with van der Waals surface area (Å²) in [5, 5.41) is 9.43. The Labute approximate surface area is 216 Å². The Morgan fingerprint density at radius 3 is 2.38 bits per heavy atom. The molecular formula is C31H29N3O3. The lowest BCUT2D eigenvalue weighted by atomic mass is 9.99. The first kappa shape index (κ1) is 25.6. The molecule has 0 aliphatic heterocycles. The Morgan fingerprint density at radius 2 is 1.70 bits per heavy atom. The number of carbonyl (C=O) groups is 1. The number of nitrogens with two attached hydrogens (primary N) is 1. The average molecular weight is 492 g/mol. The van der Waals surface area contributed by atoms with Gasteiger partial charge in [0, 0.05) is 12.2 Å². The number of aryl methyl sites for hydroxylation is 1. The molecule has 3 aromatic carbocycles. The first-order valence-electron chi connectivity index (χ1n) is 12.4. The highest BCUT2D eigenvalue weighted by Gasteiger charge is 2.22. The predicted octanol–water partition coefficient (Wildman–Crippen LogP) is 5.46. The van der Waals surface area contributed by atoms with Crippen LogP contribution in [0, 0.1) is 11.3 Å². The van der Waals surface area contributed by atoms with Gasteiger partial charge in [0.25, 0.3) is 5.56 Å². The van der Waals surface area contributed by atoms with Crippen molar-refractivity contribution in [1.82, 2.24) is 4.57 Å². The molecule has 0 atom stereocenters. The molecule has 0 bridgehead atoms. The van der Waals surface area contributed by atoms with Gasteiger partial charge in [0.05, 0.1) is 18.2 Å². The van der Waals surface area contributed by atoms with E-state index in [-0.39, 0.29) is 12.1 Å².